The van der Waals surface area contributed by atoms with Crippen LogP contribution in [0.3, 0.4) is 0 Å². The number of nitrogens with two attached hydrogens (primary N) is 1. The Morgan fingerprint density at radius 2 is 1.67 bits per heavy atom. The van der Waals surface area contributed by atoms with E-state index in [2.05, 4.69) is 14.2 Å². The zero-order chi connectivity index (χ0) is 22.3. The fourth-order valence-electron chi connectivity index (χ4n) is 2.37. The van der Waals surface area contributed by atoms with E-state index < -0.39 is 51.0 Å². The quantitative estimate of drug-likeness (QED) is 0.326. The highest BCUT2D eigenvalue weighted by molar-refractivity contribution is 8.65. The number of nitro groups is 1. The first-order chi connectivity index (χ1) is 13.9. The minimum absolute atomic E-state index is 0.114. The third-order valence-electron chi connectivity index (χ3n) is 3.79. The lowest BCUT2D eigenvalue weighted by Crippen LogP contribution is -2.22. The lowest BCUT2D eigenvalue weighted by atomic mass is 10.2. The highest BCUT2D eigenvalue weighted by Crippen LogP contribution is 2.37. The fraction of sp³-hybridized carbons (Fsp3) is 0.125. The van der Waals surface area contributed by atoms with Gasteiger partial charge in [-0.2, -0.15) is 13.4 Å². The van der Waals surface area contributed by atoms with Gasteiger partial charge in [-0.15, -0.1) is 0 Å². The van der Waals surface area contributed by atoms with Crippen LogP contribution >= 0.6 is 0 Å². The third kappa shape index (κ3) is 3.81. The molecule has 0 saturated heterocycles. The van der Waals surface area contributed by atoms with Gasteiger partial charge in [0.2, 0.25) is 5.95 Å². The van der Waals surface area contributed by atoms with Gasteiger partial charge in [0.15, 0.2) is 11.5 Å². The topological polar surface area (TPSA) is 186 Å². The smallest absolute Gasteiger partial charge is 0.425 e. The Labute approximate surface area is 169 Å². The summed E-state index contributed by atoms with van der Waals surface area (Å²) in [6.07, 6.45) is 0. The Hall–Kier alpha value is -3.52. The second kappa shape index (κ2) is 7.38. The number of aromatic nitrogens is 2. The molecule has 3 aromatic rings. The Morgan fingerprint density at radius 1 is 1.03 bits per heavy atom. The maximum atomic E-state index is 12.5. The molecule has 12 nitrogen and oxygen atoms in total. The standard InChI is InChI=1S/C16H14N4O8S2/c1-9-3-6-11(7-4-9)29(23,24)30(25,26)28-15-14(20(21)22)13(18-16(17)19-15)12-8-5-10(2)27-12/h3-8H,1-2H3,(H2,17,18,19). The SMILES string of the molecule is Cc1ccc(S(=O)(=O)S(=O)(=O)Oc2nc(N)nc(-c3ccc(C)o3)c2[N+](=O)[O-])cc1. The van der Waals surface area contributed by atoms with Gasteiger partial charge in [-0.25, -0.2) is 13.4 Å². The molecule has 3 rings (SSSR count). The van der Waals surface area contributed by atoms with Crippen molar-refractivity contribution in [1.29, 1.82) is 0 Å². The first kappa shape index (κ1) is 21.2. The van der Waals surface area contributed by atoms with Crippen LogP contribution in [0.2, 0.25) is 0 Å². The van der Waals surface area contributed by atoms with Crippen LogP contribution in [0.4, 0.5) is 11.6 Å². The number of hydrogen-bond donors (Lipinski definition) is 1. The molecule has 0 aliphatic heterocycles. The lowest BCUT2D eigenvalue weighted by molar-refractivity contribution is -0.385. The molecule has 0 radical (unpaired) electrons. The van der Waals surface area contributed by atoms with Crippen molar-refractivity contribution in [3.05, 3.63) is 57.8 Å². The molecule has 0 aliphatic carbocycles. The summed E-state index contributed by atoms with van der Waals surface area (Å²) >= 11 is 0. The summed E-state index contributed by atoms with van der Waals surface area (Å²) in [6, 6.07) is 7.70. The molecule has 0 atom stereocenters. The molecular formula is C16H14N4O8S2. The van der Waals surface area contributed by atoms with Crippen molar-refractivity contribution in [2.24, 2.45) is 0 Å². The van der Waals surface area contributed by atoms with Crippen molar-refractivity contribution < 1.29 is 30.4 Å². The predicted molar refractivity (Wildman–Crippen MR) is 103 cm³/mol. The van der Waals surface area contributed by atoms with Crippen molar-refractivity contribution in [2.75, 3.05) is 5.73 Å². The first-order valence-electron chi connectivity index (χ1n) is 8.07. The monoisotopic (exact) mass is 454 g/mol. The summed E-state index contributed by atoms with van der Waals surface area (Å²) in [6.45, 7) is 3.24. The molecule has 0 spiro atoms. The van der Waals surface area contributed by atoms with Gasteiger partial charge in [0.05, 0.1) is 9.82 Å². The van der Waals surface area contributed by atoms with E-state index in [1.807, 2.05) is 0 Å². The van der Waals surface area contributed by atoms with Crippen molar-refractivity contribution in [1.82, 2.24) is 9.97 Å². The average molecular weight is 454 g/mol. The largest absolute Gasteiger partial charge is 0.459 e. The van der Waals surface area contributed by atoms with E-state index >= 15 is 0 Å². The zero-order valence-corrected chi connectivity index (χ0v) is 17.1. The summed E-state index contributed by atoms with van der Waals surface area (Å²) in [7, 11) is -10.5. The molecule has 0 bridgehead atoms. The Morgan fingerprint density at radius 3 is 2.20 bits per heavy atom. The summed E-state index contributed by atoms with van der Waals surface area (Å²) < 4.78 is 59.8. The number of rotatable bonds is 6. The molecule has 14 heteroatoms. The van der Waals surface area contributed by atoms with Gasteiger partial charge in [-0.05, 0) is 38.1 Å². The molecule has 1 aromatic carbocycles. The van der Waals surface area contributed by atoms with Crippen molar-refractivity contribution in [3.63, 3.8) is 0 Å². The van der Waals surface area contributed by atoms with E-state index in [-0.39, 0.29) is 5.76 Å². The van der Waals surface area contributed by atoms with E-state index in [4.69, 9.17) is 10.2 Å². The Bertz CT molecular complexity index is 1350. The van der Waals surface area contributed by atoms with E-state index in [0.717, 1.165) is 12.1 Å². The average Bonchev–Trinajstić information content (AvgIpc) is 3.07. The van der Waals surface area contributed by atoms with Gasteiger partial charge in [0, 0.05) is 0 Å². The Kier molecular flexibility index (Phi) is 5.22. The number of nitrogens with zero attached hydrogens (tertiary/aromatic N) is 3. The molecule has 0 unspecified atom stereocenters. The summed E-state index contributed by atoms with van der Waals surface area (Å²) in [5, 5.41) is 11.6. The number of aryl methyl sites for hydroxylation is 2. The van der Waals surface area contributed by atoms with Crippen LogP contribution < -0.4 is 9.92 Å². The first-order valence-corrected chi connectivity index (χ1v) is 11.5. The van der Waals surface area contributed by atoms with Gasteiger partial charge in [0.1, 0.15) is 5.76 Å². The molecule has 0 amide bonds. The number of hydrogen-bond acceptors (Lipinski definition) is 11. The minimum atomic E-state index is -5.45. The maximum absolute atomic E-state index is 12.5. The van der Waals surface area contributed by atoms with Crippen molar-refractivity contribution >= 4 is 29.7 Å². The van der Waals surface area contributed by atoms with Crippen molar-refractivity contribution in [2.45, 2.75) is 18.7 Å². The number of anilines is 1. The zero-order valence-electron chi connectivity index (χ0n) is 15.5. The number of benzene rings is 1. The Balaban J connectivity index is 2.15. The van der Waals surface area contributed by atoms with E-state index in [1.165, 1.54) is 24.3 Å². The molecule has 2 aromatic heterocycles. The van der Waals surface area contributed by atoms with Gasteiger partial charge in [0.25, 0.3) is 0 Å². The van der Waals surface area contributed by atoms with Crippen LogP contribution in [0.15, 0.2) is 45.7 Å². The van der Waals surface area contributed by atoms with Crippen LogP contribution in [0, 0.1) is 24.0 Å². The molecule has 0 saturated carbocycles. The molecule has 158 valence electrons. The van der Waals surface area contributed by atoms with Crippen molar-refractivity contribution in [3.8, 4) is 17.3 Å². The molecular weight excluding hydrogens is 440 g/mol. The highest BCUT2D eigenvalue weighted by atomic mass is 33.2. The highest BCUT2D eigenvalue weighted by Gasteiger charge is 2.39. The second-order valence-electron chi connectivity index (χ2n) is 6.01. The minimum Gasteiger partial charge on any atom is -0.459 e. The number of nitrogen functional groups attached to an aromatic ring is 1. The van der Waals surface area contributed by atoms with Crippen LogP contribution in [0.5, 0.6) is 5.88 Å². The molecule has 30 heavy (non-hydrogen) atoms. The molecule has 2 N–H and O–H groups in total. The lowest BCUT2D eigenvalue weighted by Gasteiger charge is -2.09. The third-order valence-corrected chi connectivity index (χ3v) is 7.93. The summed E-state index contributed by atoms with van der Waals surface area (Å²) in [5.74, 6) is -1.49. The van der Waals surface area contributed by atoms with Crippen LogP contribution in [-0.2, 0) is 18.0 Å². The van der Waals surface area contributed by atoms with Gasteiger partial charge < -0.3 is 14.3 Å². The van der Waals surface area contributed by atoms with E-state index in [1.54, 1.807) is 13.8 Å². The second-order valence-corrected chi connectivity index (χ2v) is 10.9. The number of furan rings is 1. The van der Waals surface area contributed by atoms with Gasteiger partial charge in [-0.1, -0.05) is 17.7 Å². The fourth-order valence-corrected chi connectivity index (χ4v) is 4.98. The van der Waals surface area contributed by atoms with Gasteiger partial charge in [-0.3, -0.25) is 10.1 Å². The maximum Gasteiger partial charge on any atom is 0.425 e. The van der Waals surface area contributed by atoms with E-state index in [0.29, 0.717) is 11.3 Å². The normalized spacial score (nSPS) is 11.9. The van der Waals surface area contributed by atoms with Gasteiger partial charge >= 0.3 is 29.6 Å². The molecule has 2 heterocycles. The van der Waals surface area contributed by atoms with Crippen LogP contribution in [-0.4, -0.2) is 31.7 Å². The molecule has 0 aliphatic rings. The molecule has 0 fully saturated rings. The van der Waals surface area contributed by atoms with Crippen LogP contribution in [0.1, 0.15) is 11.3 Å². The summed E-state index contributed by atoms with van der Waals surface area (Å²) in [4.78, 5) is 17.1. The summed E-state index contributed by atoms with van der Waals surface area (Å²) in [5.41, 5.74) is 4.70. The predicted octanol–water partition coefficient (Wildman–Crippen LogP) is 1.94. The van der Waals surface area contributed by atoms with E-state index in [9.17, 15) is 26.9 Å². The van der Waals surface area contributed by atoms with Crippen LogP contribution in [0.25, 0.3) is 11.5 Å².